The molecule has 0 atom stereocenters. The number of rotatable bonds is 4. The van der Waals surface area contributed by atoms with Gasteiger partial charge in [-0.3, -0.25) is 4.79 Å². The lowest BCUT2D eigenvalue weighted by molar-refractivity contribution is -0.120. The average Bonchev–Trinajstić information content (AvgIpc) is 3.03. The highest BCUT2D eigenvalue weighted by molar-refractivity contribution is 5.99. The Balaban J connectivity index is 1.62. The van der Waals surface area contributed by atoms with Gasteiger partial charge in [0.05, 0.1) is 0 Å². The first kappa shape index (κ1) is 16.8. The maximum absolute atomic E-state index is 12.2. The quantitative estimate of drug-likeness (QED) is 0.659. The van der Waals surface area contributed by atoms with Crippen molar-refractivity contribution < 1.29 is 4.79 Å². The van der Waals surface area contributed by atoms with Gasteiger partial charge in [0.25, 0.3) is 0 Å². The highest BCUT2D eigenvalue weighted by Gasteiger charge is 2.22. The fourth-order valence-electron chi connectivity index (χ4n) is 3.62. The van der Waals surface area contributed by atoms with Crippen LogP contribution in [0.15, 0.2) is 29.3 Å². The van der Waals surface area contributed by atoms with Crippen LogP contribution in [0.4, 0.5) is 5.69 Å². The van der Waals surface area contributed by atoms with Gasteiger partial charge < -0.3 is 15.5 Å². The van der Waals surface area contributed by atoms with Crippen LogP contribution in [0.25, 0.3) is 0 Å². The van der Waals surface area contributed by atoms with Crippen molar-refractivity contribution in [1.29, 1.82) is 0 Å². The van der Waals surface area contributed by atoms with Gasteiger partial charge in [-0.15, -0.1) is 0 Å². The summed E-state index contributed by atoms with van der Waals surface area (Å²) in [6, 6.07) is 8.75. The lowest BCUT2D eigenvalue weighted by atomic mass is 9.95. The maximum Gasteiger partial charge on any atom is 0.242 e. The number of para-hydroxylation sites is 1. The van der Waals surface area contributed by atoms with E-state index in [4.69, 9.17) is 0 Å². The molecular weight excluding hydrogens is 300 g/mol. The van der Waals surface area contributed by atoms with Crippen LogP contribution in [0.2, 0.25) is 0 Å². The van der Waals surface area contributed by atoms with Gasteiger partial charge >= 0.3 is 0 Å². The number of nitrogens with zero attached hydrogens (tertiary/aromatic N) is 2. The van der Waals surface area contributed by atoms with Gasteiger partial charge in [-0.05, 0) is 37.8 Å². The minimum absolute atomic E-state index is 0.0322. The monoisotopic (exact) mass is 328 g/mol. The Kier molecular flexibility index (Phi) is 5.72. The van der Waals surface area contributed by atoms with E-state index in [0.717, 1.165) is 38.3 Å². The number of hydrogen-bond donors (Lipinski definition) is 2. The number of nitrogens with one attached hydrogen (secondary N) is 2. The Hall–Kier alpha value is -2.04. The molecule has 0 spiro atoms. The molecule has 3 rings (SSSR count). The molecule has 5 heteroatoms. The number of hydrogen-bond acceptors (Lipinski definition) is 2. The molecule has 1 heterocycles. The zero-order chi connectivity index (χ0) is 16.8. The minimum Gasteiger partial charge on any atom is -0.356 e. The molecule has 1 aromatic rings. The first-order chi connectivity index (χ1) is 11.8. The fraction of sp³-hybridized carbons (Fsp3) is 0.579. The molecule has 1 saturated carbocycles. The number of anilines is 1. The van der Waals surface area contributed by atoms with E-state index in [1.165, 1.54) is 30.5 Å². The van der Waals surface area contributed by atoms with Gasteiger partial charge in [0.2, 0.25) is 5.91 Å². The highest BCUT2D eigenvalue weighted by Crippen LogP contribution is 2.27. The predicted molar refractivity (Wildman–Crippen MR) is 98.5 cm³/mol. The van der Waals surface area contributed by atoms with Crippen molar-refractivity contribution in [3.05, 3.63) is 29.8 Å². The number of fused-ring (bicyclic) bond motifs is 1. The Morgan fingerprint density at radius 3 is 2.83 bits per heavy atom. The predicted octanol–water partition coefficient (Wildman–Crippen LogP) is 2.46. The largest absolute Gasteiger partial charge is 0.356 e. The Bertz CT molecular complexity index is 593. The smallest absolute Gasteiger partial charge is 0.242 e. The molecule has 2 aliphatic rings. The molecule has 24 heavy (non-hydrogen) atoms. The molecule has 1 aromatic carbocycles. The van der Waals surface area contributed by atoms with Crippen LogP contribution in [0.5, 0.6) is 0 Å². The molecule has 1 aliphatic heterocycles. The molecule has 130 valence electrons. The maximum atomic E-state index is 12.2. The summed E-state index contributed by atoms with van der Waals surface area (Å²) in [7, 11) is 0. The number of amides is 1. The van der Waals surface area contributed by atoms with Crippen LogP contribution >= 0.6 is 0 Å². The van der Waals surface area contributed by atoms with E-state index in [1.54, 1.807) is 0 Å². The summed E-state index contributed by atoms with van der Waals surface area (Å²) in [6.07, 6.45) is 6.98. The number of carbonyl (C=O) groups is 1. The lowest BCUT2D eigenvalue weighted by Gasteiger charge is -2.24. The zero-order valence-corrected chi connectivity index (χ0v) is 14.6. The third-order valence-electron chi connectivity index (χ3n) is 4.82. The van der Waals surface area contributed by atoms with Crippen LogP contribution in [-0.4, -0.2) is 37.5 Å². The van der Waals surface area contributed by atoms with Gasteiger partial charge in [-0.2, -0.15) is 0 Å². The second-order valence-electron chi connectivity index (χ2n) is 6.60. The zero-order valence-electron chi connectivity index (χ0n) is 14.6. The SMILES string of the molecule is CCNC(=NCC(=O)NC1CCCCC1)N1CCc2ccccc21. The van der Waals surface area contributed by atoms with Crippen molar-refractivity contribution >= 4 is 17.6 Å². The van der Waals surface area contributed by atoms with Crippen LogP contribution in [0.1, 0.15) is 44.6 Å². The summed E-state index contributed by atoms with van der Waals surface area (Å²) in [4.78, 5) is 19.0. The Morgan fingerprint density at radius 2 is 2.04 bits per heavy atom. The van der Waals surface area contributed by atoms with Gasteiger partial charge in [-0.1, -0.05) is 37.5 Å². The number of aliphatic imine (C=N–C) groups is 1. The summed E-state index contributed by atoms with van der Waals surface area (Å²) in [5.74, 6) is 0.839. The molecule has 1 amide bonds. The van der Waals surface area contributed by atoms with Gasteiger partial charge in [0, 0.05) is 24.8 Å². The summed E-state index contributed by atoms with van der Waals surface area (Å²) < 4.78 is 0. The molecule has 5 nitrogen and oxygen atoms in total. The second-order valence-corrected chi connectivity index (χ2v) is 6.60. The minimum atomic E-state index is 0.0322. The van der Waals surface area contributed by atoms with Gasteiger partial charge in [0.1, 0.15) is 6.54 Å². The van der Waals surface area contributed by atoms with Crippen molar-refractivity contribution in [2.75, 3.05) is 24.5 Å². The standard InChI is InChI=1S/C19H28N4O/c1-2-20-19(23-13-12-15-8-6-7-11-17(15)23)21-14-18(24)22-16-9-4-3-5-10-16/h6-8,11,16H,2-5,9-10,12-14H2,1H3,(H,20,21)(H,22,24). The molecule has 0 bridgehead atoms. The van der Waals surface area contributed by atoms with E-state index in [-0.39, 0.29) is 12.5 Å². The van der Waals surface area contributed by atoms with E-state index < -0.39 is 0 Å². The number of benzene rings is 1. The molecule has 1 fully saturated rings. The summed E-state index contributed by atoms with van der Waals surface area (Å²) >= 11 is 0. The van der Waals surface area contributed by atoms with Crippen LogP contribution in [-0.2, 0) is 11.2 Å². The first-order valence-electron chi connectivity index (χ1n) is 9.21. The van der Waals surface area contributed by atoms with Crippen LogP contribution in [0, 0.1) is 0 Å². The first-order valence-corrected chi connectivity index (χ1v) is 9.21. The third kappa shape index (κ3) is 4.08. The fourth-order valence-corrected chi connectivity index (χ4v) is 3.62. The normalized spacial score (nSPS) is 18.4. The van der Waals surface area contributed by atoms with Crippen molar-refractivity contribution in [3.63, 3.8) is 0 Å². The number of guanidine groups is 1. The average molecular weight is 328 g/mol. The molecular formula is C19H28N4O. The van der Waals surface area contributed by atoms with Crippen molar-refractivity contribution in [2.45, 2.75) is 51.5 Å². The Labute approximate surface area is 144 Å². The summed E-state index contributed by atoms with van der Waals surface area (Å²) in [6.45, 7) is 3.95. The van der Waals surface area contributed by atoms with E-state index in [1.807, 2.05) is 0 Å². The Morgan fingerprint density at radius 1 is 1.25 bits per heavy atom. The van der Waals surface area contributed by atoms with Gasteiger partial charge in [0.15, 0.2) is 5.96 Å². The summed E-state index contributed by atoms with van der Waals surface area (Å²) in [5, 5.41) is 6.45. The van der Waals surface area contributed by atoms with Gasteiger partial charge in [-0.25, -0.2) is 4.99 Å². The van der Waals surface area contributed by atoms with Crippen molar-refractivity contribution in [3.8, 4) is 0 Å². The lowest BCUT2D eigenvalue weighted by Crippen LogP contribution is -2.42. The van der Waals surface area contributed by atoms with E-state index in [2.05, 4.69) is 51.7 Å². The topological polar surface area (TPSA) is 56.7 Å². The molecule has 0 saturated heterocycles. The van der Waals surface area contributed by atoms with E-state index in [9.17, 15) is 4.79 Å². The summed E-state index contributed by atoms with van der Waals surface area (Å²) in [5.41, 5.74) is 2.54. The number of carbonyl (C=O) groups excluding carboxylic acids is 1. The van der Waals surface area contributed by atoms with E-state index in [0.29, 0.717) is 6.04 Å². The van der Waals surface area contributed by atoms with Crippen molar-refractivity contribution in [2.24, 2.45) is 4.99 Å². The molecule has 1 aliphatic carbocycles. The molecule has 0 aromatic heterocycles. The van der Waals surface area contributed by atoms with Crippen molar-refractivity contribution in [1.82, 2.24) is 10.6 Å². The third-order valence-corrected chi connectivity index (χ3v) is 4.82. The highest BCUT2D eigenvalue weighted by atomic mass is 16.1. The molecule has 0 radical (unpaired) electrons. The van der Waals surface area contributed by atoms with E-state index >= 15 is 0 Å². The second kappa shape index (κ2) is 8.18. The van der Waals surface area contributed by atoms with Crippen LogP contribution < -0.4 is 15.5 Å². The molecule has 2 N–H and O–H groups in total. The van der Waals surface area contributed by atoms with Crippen LogP contribution in [0.3, 0.4) is 0 Å². The molecule has 0 unspecified atom stereocenters.